The number of carbonyl (C=O) groups is 2. The summed E-state index contributed by atoms with van der Waals surface area (Å²) in [5.74, 6) is -3.29. The second kappa shape index (κ2) is 9.12. The van der Waals surface area contributed by atoms with Gasteiger partial charge in [-0.05, 0) is 31.5 Å². The smallest absolute Gasteiger partial charge is 0.405 e. The summed E-state index contributed by atoms with van der Waals surface area (Å²) in [6, 6.07) is 3.03. The third-order valence-corrected chi connectivity index (χ3v) is 6.14. The third kappa shape index (κ3) is 4.38. The van der Waals surface area contributed by atoms with Crippen molar-refractivity contribution in [3.05, 3.63) is 56.3 Å². The van der Waals surface area contributed by atoms with Gasteiger partial charge in [0.25, 0.3) is 17.4 Å². The fourth-order valence-electron chi connectivity index (χ4n) is 4.24. The minimum absolute atomic E-state index is 0.173. The second-order valence-electron chi connectivity index (χ2n) is 8.34. The van der Waals surface area contributed by atoms with Crippen molar-refractivity contribution in [2.75, 3.05) is 19.6 Å². The Hall–Kier alpha value is -3.61. The first-order valence-electron chi connectivity index (χ1n) is 10.8. The number of benzene rings is 1. The van der Waals surface area contributed by atoms with Crippen molar-refractivity contribution in [2.24, 2.45) is 0 Å². The predicted octanol–water partition coefficient (Wildman–Crippen LogP) is 3.07. The van der Waals surface area contributed by atoms with E-state index in [-0.39, 0.29) is 29.3 Å². The molecule has 0 bridgehead atoms. The molecule has 14 heteroatoms. The number of aromatic nitrogens is 3. The summed E-state index contributed by atoms with van der Waals surface area (Å²) in [7, 11) is 0. The van der Waals surface area contributed by atoms with Crippen molar-refractivity contribution in [1.82, 2.24) is 24.6 Å². The lowest BCUT2D eigenvalue weighted by atomic mass is 10.2. The Labute approximate surface area is 205 Å². The van der Waals surface area contributed by atoms with Crippen LogP contribution in [0.25, 0.3) is 10.9 Å². The second-order valence-corrected chi connectivity index (χ2v) is 8.75. The predicted molar refractivity (Wildman–Crippen MR) is 121 cm³/mol. The highest BCUT2D eigenvalue weighted by molar-refractivity contribution is 6.30. The molecule has 0 unspecified atom stereocenters. The van der Waals surface area contributed by atoms with Gasteiger partial charge in [-0.2, -0.15) is 18.3 Å². The molecule has 1 aliphatic heterocycles. The molecule has 3 heterocycles. The zero-order valence-corrected chi connectivity index (χ0v) is 19.7. The summed E-state index contributed by atoms with van der Waals surface area (Å²) in [4.78, 5) is 40.7. The Balaban J connectivity index is 1.97. The number of rotatable bonds is 5. The topological polar surface area (TPSA) is 109 Å². The molecule has 0 saturated carbocycles. The maximum absolute atomic E-state index is 13.6. The quantitative estimate of drug-likeness (QED) is 0.494. The van der Waals surface area contributed by atoms with E-state index in [0.717, 1.165) is 10.7 Å². The van der Waals surface area contributed by atoms with Gasteiger partial charge in [-0.25, -0.2) is 9.07 Å². The zero-order valence-electron chi connectivity index (χ0n) is 19.0. The van der Waals surface area contributed by atoms with E-state index >= 15 is 0 Å². The minimum Gasteiger partial charge on any atom is -0.505 e. The number of amides is 2. The molecule has 0 saturated heterocycles. The van der Waals surface area contributed by atoms with Crippen LogP contribution in [-0.2, 0) is 6.54 Å². The molecule has 0 radical (unpaired) electrons. The van der Waals surface area contributed by atoms with Gasteiger partial charge < -0.3 is 19.9 Å². The van der Waals surface area contributed by atoms with Crippen LogP contribution >= 0.6 is 11.6 Å². The van der Waals surface area contributed by atoms with Crippen LogP contribution < -0.4 is 10.9 Å². The molecule has 1 aliphatic rings. The average molecular weight is 530 g/mol. The highest BCUT2D eigenvalue weighted by Crippen LogP contribution is 2.37. The fraction of sp³-hybridized carbons (Fsp3) is 0.364. The van der Waals surface area contributed by atoms with Crippen molar-refractivity contribution >= 4 is 34.3 Å². The third-order valence-electron chi connectivity index (χ3n) is 5.85. The van der Waals surface area contributed by atoms with E-state index in [9.17, 15) is 37.1 Å². The fourth-order valence-corrected chi connectivity index (χ4v) is 4.44. The molecule has 4 rings (SSSR count). The maximum Gasteiger partial charge on any atom is 0.405 e. The van der Waals surface area contributed by atoms with Crippen LogP contribution in [0.15, 0.2) is 23.0 Å². The molecule has 0 aliphatic carbocycles. The molecular formula is C22H20ClF4N5O4. The lowest BCUT2D eigenvalue weighted by Gasteiger charge is -2.32. The first-order valence-corrected chi connectivity index (χ1v) is 11.2. The van der Waals surface area contributed by atoms with Crippen molar-refractivity contribution < 1.29 is 32.3 Å². The van der Waals surface area contributed by atoms with Gasteiger partial charge in [0.2, 0.25) is 0 Å². The molecule has 2 N–H and O–H groups in total. The van der Waals surface area contributed by atoms with Crippen LogP contribution in [0.2, 0.25) is 5.02 Å². The number of alkyl halides is 3. The van der Waals surface area contributed by atoms with E-state index < -0.39 is 58.8 Å². The van der Waals surface area contributed by atoms with Crippen LogP contribution in [-0.4, -0.2) is 62.0 Å². The van der Waals surface area contributed by atoms with Crippen molar-refractivity contribution in [2.45, 2.75) is 32.6 Å². The van der Waals surface area contributed by atoms with E-state index in [1.165, 1.54) is 21.6 Å². The van der Waals surface area contributed by atoms with Crippen LogP contribution in [0.1, 0.15) is 46.4 Å². The monoisotopic (exact) mass is 529 g/mol. The highest BCUT2D eigenvalue weighted by atomic mass is 35.5. The molecule has 9 nitrogen and oxygen atoms in total. The Kier molecular flexibility index (Phi) is 6.45. The van der Waals surface area contributed by atoms with Crippen LogP contribution in [0.4, 0.5) is 17.6 Å². The molecule has 3 aromatic rings. The molecule has 192 valence electrons. The summed E-state index contributed by atoms with van der Waals surface area (Å²) in [6.45, 7) is 1.85. The average Bonchev–Trinajstić information content (AvgIpc) is 3.12. The lowest BCUT2D eigenvalue weighted by molar-refractivity contribution is -0.123. The Morgan fingerprint density at radius 1 is 1.31 bits per heavy atom. The number of hydrogen-bond acceptors (Lipinski definition) is 5. The zero-order chi connectivity index (χ0) is 26.5. The SMILES string of the molecule is CCN1C[C@H](C)n2c(c(O)c3c(=O)n(Cc4ccc(F)c(Cl)c4)nc(C(=O)NCC(F)(F)F)c32)C1=O. The van der Waals surface area contributed by atoms with Crippen LogP contribution in [0.3, 0.4) is 0 Å². The van der Waals surface area contributed by atoms with Gasteiger partial charge in [0.15, 0.2) is 17.1 Å². The standard InChI is InChI=1S/C22H20ClF4N5O4/c1-3-30-7-10(2)32-16-14(18(33)17(32)21(30)36)20(35)31(8-11-4-5-13(24)12(23)6-11)29-15(16)19(34)28-9-22(25,26)27/h4-6,10,33H,3,7-9H2,1-2H3,(H,28,34)/t10-/m0/s1. The normalized spacial score (nSPS) is 15.9. The number of carbonyl (C=O) groups excluding carboxylic acids is 2. The molecular weight excluding hydrogens is 510 g/mol. The first-order chi connectivity index (χ1) is 16.8. The first kappa shape index (κ1) is 25.5. The van der Waals surface area contributed by atoms with Gasteiger partial charge in [0.05, 0.1) is 17.1 Å². The van der Waals surface area contributed by atoms with Crippen LogP contribution in [0, 0.1) is 5.82 Å². The number of halogens is 5. The van der Waals surface area contributed by atoms with Crippen molar-refractivity contribution in [1.29, 1.82) is 0 Å². The highest BCUT2D eigenvalue weighted by Gasteiger charge is 2.38. The van der Waals surface area contributed by atoms with Gasteiger partial charge in [-0.15, -0.1) is 0 Å². The molecule has 0 spiro atoms. The van der Waals surface area contributed by atoms with E-state index in [0.29, 0.717) is 12.1 Å². The van der Waals surface area contributed by atoms with Crippen LogP contribution in [0.5, 0.6) is 5.75 Å². The van der Waals surface area contributed by atoms with Gasteiger partial charge in [0, 0.05) is 19.1 Å². The molecule has 1 aromatic carbocycles. The molecule has 2 amide bonds. The summed E-state index contributed by atoms with van der Waals surface area (Å²) >= 11 is 5.80. The van der Waals surface area contributed by atoms with E-state index in [2.05, 4.69) is 5.10 Å². The Morgan fingerprint density at radius 2 is 2.00 bits per heavy atom. The summed E-state index contributed by atoms with van der Waals surface area (Å²) in [6.07, 6.45) is -4.72. The number of nitrogens with one attached hydrogen (secondary N) is 1. The molecule has 2 aromatic heterocycles. The molecule has 1 atom stereocenters. The molecule has 0 fully saturated rings. The van der Waals surface area contributed by atoms with Crippen molar-refractivity contribution in [3.63, 3.8) is 0 Å². The summed E-state index contributed by atoms with van der Waals surface area (Å²) in [5.41, 5.74) is -1.72. The number of nitrogens with zero attached hydrogens (tertiary/aromatic N) is 4. The summed E-state index contributed by atoms with van der Waals surface area (Å²) < 4.78 is 53.9. The minimum atomic E-state index is -4.72. The number of fused-ring (bicyclic) bond motifs is 3. The van der Waals surface area contributed by atoms with Gasteiger partial charge in [0.1, 0.15) is 17.7 Å². The Morgan fingerprint density at radius 3 is 2.61 bits per heavy atom. The van der Waals surface area contributed by atoms with Crippen molar-refractivity contribution in [3.8, 4) is 5.75 Å². The largest absolute Gasteiger partial charge is 0.505 e. The maximum atomic E-state index is 13.6. The number of aromatic hydroxyl groups is 1. The number of hydrogen-bond donors (Lipinski definition) is 2. The van der Waals surface area contributed by atoms with E-state index in [1.807, 2.05) is 0 Å². The number of likely N-dealkylation sites (N-methyl/N-ethyl adjacent to an activating group) is 1. The molecule has 36 heavy (non-hydrogen) atoms. The Bertz CT molecular complexity index is 1450. The van der Waals surface area contributed by atoms with Gasteiger partial charge in [-0.1, -0.05) is 17.7 Å². The van der Waals surface area contributed by atoms with E-state index in [4.69, 9.17) is 11.6 Å². The van der Waals surface area contributed by atoms with Gasteiger partial charge in [-0.3, -0.25) is 14.4 Å². The van der Waals surface area contributed by atoms with Gasteiger partial charge >= 0.3 is 6.18 Å². The summed E-state index contributed by atoms with van der Waals surface area (Å²) in [5, 5.41) is 16.0. The lowest BCUT2D eigenvalue weighted by Crippen LogP contribution is -2.42. The van der Waals surface area contributed by atoms with E-state index in [1.54, 1.807) is 19.2 Å².